The van der Waals surface area contributed by atoms with Crippen molar-refractivity contribution >= 4 is 46.3 Å². The zero-order chi connectivity index (χ0) is 39.9. The number of benzene rings is 8. The van der Waals surface area contributed by atoms with Crippen molar-refractivity contribution in [2.45, 2.75) is 32.4 Å². The summed E-state index contributed by atoms with van der Waals surface area (Å²) in [4.78, 5) is 18.4. The molecule has 59 heavy (non-hydrogen) atoms. The van der Waals surface area contributed by atoms with Gasteiger partial charge in [-0.3, -0.25) is 0 Å². The van der Waals surface area contributed by atoms with Crippen LogP contribution >= 0.6 is 0 Å². The number of aromatic nitrogens is 3. The van der Waals surface area contributed by atoms with Gasteiger partial charge >= 0.3 is 0 Å². The van der Waals surface area contributed by atoms with E-state index < -0.39 is 8.07 Å². The monoisotopic (exact) mass is 774 g/mol. The second kappa shape index (κ2) is 13.3. The van der Waals surface area contributed by atoms with E-state index in [1.807, 2.05) is 0 Å². The summed E-state index contributed by atoms with van der Waals surface area (Å²) < 4.78 is 0. The molecule has 0 atom stereocenters. The number of nitrogens with zero attached hydrogens (tertiary/aromatic N) is 4. The van der Waals surface area contributed by atoms with E-state index in [1.165, 1.54) is 49.1 Å². The summed E-state index contributed by atoms with van der Waals surface area (Å²) in [5.74, 6) is 1.94. The van der Waals surface area contributed by atoms with Gasteiger partial charge in [-0.1, -0.05) is 166 Å². The molecule has 0 saturated carbocycles. The van der Waals surface area contributed by atoms with Gasteiger partial charge in [0.25, 0.3) is 0 Å². The molecule has 2 aliphatic rings. The van der Waals surface area contributed by atoms with Gasteiger partial charge in [0, 0.05) is 33.5 Å². The van der Waals surface area contributed by atoms with Gasteiger partial charge < -0.3 is 4.90 Å². The molecule has 0 spiro atoms. The first kappa shape index (κ1) is 35.2. The van der Waals surface area contributed by atoms with Crippen molar-refractivity contribution < 1.29 is 0 Å². The highest BCUT2D eigenvalue weighted by Gasteiger charge is 2.38. The number of hydrogen-bond donors (Lipinski definition) is 0. The Hall–Kier alpha value is -6.95. The van der Waals surface area contributed by atoms with Crippen molar-refractivity contribution in [3.63, 3.8) is 0 Å². The van der Waals surface area contributed by atoms with Crippen LogP contribution in [0.3, 0.4) is 0 Å². The van der Waals surface area contributed by atoms with Gasteiger partial charge in [-0.25, -0.2) is 15.0 Å². The lowest BCUT2D eigenvalue weighted by atomic mass is 9.82. The number of hydrogen-bond acceptors (Lipinski definition) is 4. The SMILES string of the molecule is CC1(C)c2ccccc2-c2ccc(N(c3ccccc3)c3ccccc3-c3nc(-c4ccc5c(c4)[Si](C)(C)c4ccccc4-5)nc(-c4ccc5ccccc5c4)n3)cc21. The second-order valence-corrected chi connectivity index (χ2v) is 21.2. The van der Waals surface area contributed by atoms with Gasteiger partial charge in [-0.2, -0.15) is 0 Å². The summed E-state index contributed by atoms with van der Waals surface area (Å²) in [5, 5.41) is 5.23. The topological polar surface area (TPSA) is 41.9 Å². The molecule has 1 aliphatic heterocycles. The Bertz CT molecular complexity index is 3130. The summed E-state index contributed by atoms with van der Waals surface area (Å²) >= 11 is 0. The highest BCUT2D eigenvalue weighted by Crippen LogP contribution is 2.51. The van der Waals surface area contributed by atoms with Gasteiger partial charge in [0.15, 0.2) is 17.5 Å². The van der Waals surface area contributed by atoms with Crippen molar-refractivity contribution in [3.05, 3.63) is 193 Å². The molecule has 0 unspecified atom stereocenters. The van der Waals surface area contributed by atoms with E-state index in [0.717, 1.165) is 39.1 Å². The van der Waals surface area contributed by atoms with E-state index in [4.69, 9.17) is 15.0 Å². The lowest BCUT2D eigenvalue weighted by Gasteiger charge is -2.29. The first-order valence-electron chi connectivity index (χ1n) is 20.4. The van der Waals surface area contributed by atoms with Crippen molar-refractivity contribution in [2.75, 3.05) is 4.90 Å². The molecule has 5 heteroatoms. The molecular formula is C54H42N4Si. The molecule has 4 nitrogen and oxygen atoms in total. The minimum Gasteiger partial charge on any atom is -0.310 e. The third-order valence-electron chi connectivity index (χ3n) is 12.7. The summed E-state index contributed by atoms with van der Waals surface area (Å²) in [6, 6.07) is 65.6. The Kier molecular flexibility index (Phi) is 7.94. The van der Waals surface area contributed by atoms with Crippen LogP contribution in [0.1, 0.15) is 25.0 Å². The molecule has 0 bridgehead atoms. The average Bonchev–Trinajstić information content (AvgIpc) is 3.65. The van der Waals surface area contributed by atoms with E-state index in [-0.39, 0.29) is 5.41 Å². The van der Waals surface area contributed by atoms with Crippen LogP contribution < -0.4 is 15.3 Å². The minimum absolute atomic E-state index is 0.143. The molecule has 0 amide bonds. The predicted molar refractivity (Wildman–Crippen MR) is 248 cm³/mol. The first-order valence-corrected chi connectivity index (χ1v) is 23.4. The Balaban J connectivity index is 1.11. The first-order chi connectivity index (χ1) is 28.8. The molecule has 0 radical (unpaired) electrons. The number of fused-ring (bicyclic) bond motifs is 7. The fourth-order valence-corrected chi connectivity index (χ4v) is 12.7. The molecule has 8 aromatic carbocycles. The minimum atomic E-state index is -1.95. The number of anilines is 3. The summed E-state index contributed by atoms with van der Waals surface area (Å²) in [6.45, 7) is 9.58. The maximum Gasteiger partial charge on any atom is 0.166 e. The summed E-state index contributed by atoms with van der Waals surface area (Å²) in [5.41, 5.74) is 13.8. The van der Waals surface area contributed by atoms with Crippen LogP contribution in [0.2, 0.25) is 13.1 Å². The predicted octanol–water partition coefficient (Wildman–Crippen LogP) is 12.6. The average molecular weight is 775 g/mol. The second-order valence-electron chi connectivity index (χ2n) is 16.9. The zero-order valence-corrected chi connectivity index (χ0v) is 34.6. The molecule has 0 N–H and O–H groups in total. The van der Waals surface area contributed by atoms with Crippen LogP contribution in [0.4, 0.5) is 17.1 Å². The molecule has 1 aliphatic carbocycles. The Morgan fingerprint density at radius 1 is 0.407 bits per heavy atom. The molecule has 9 aromatic rings. The Morgan fingerprint density at radius 2 is 0.983 bits per heavy atom. The molecule has 1 aromatic heterocycles. The van der Waals surface area contributed by atoms with Crippen LogP contribution in [0.25, 0.3) is 67.2 Å². The Morgan fingerprint density at radius 3 is 1.80 bits per heavy atom. The standard InChI is InChI=1S/C54H42N4Si/c1-54(2)46-23-13-10-20-41(46)42-31-29-40(34-47(42)54)58(39-18-6-5-7-19-39)48-24-14-11-22-45(48)53-56-51(37-27-26-35-16-8-9-17-36(35)32-37)55-52(57-53)38-28-30-44-43-21-12-15-25-49(43)59(3,4)50(44)33-38/h5-34H,1-4H3. The van der Waals surface area contributed by atoms with Crippen LogP contribution in [-0.4, -0.2) is 23.0 Å². The fraction of sp³-hybridized carbons (Fsp3) is 0.0926. The van der Waals surface area contributed by atoms with Crippen LogP contribution in [0.15, 0.2) is 182 Å². The highest BCUT2D eigenvalue weighted by atomic mass is 28.3. The largest absolute Gasteiger partial charge is 0.310 e. The van der Waals surface area contributed by atoms with Gasteiger partial charge in [-0.15, -0.1) is 0 Å². The van der Waals surface area contributed by atoms with Crippen LogP contribution in [0, 0.1) is 0 Å². The summed E-state index contributed by atoms with van der Waals surface area (Å²) in [7, 11) is -1.95. The van der Waals surface area contributed by atoms with Crippen molar-refractivity contribution in [1.29, 1.82) is 0 Å². The number of rotatable bonds is 6. The van der Waals surface area contributed by atoms with E-state index in [2.05, 4.69) is 214 Å². The third-order valence-corrected chi connectivity index (χ3v) is 16.3. The van der Waals surface area contributed by atoms with Gasteiger partial charge in [0.05, 0.1) is 5.69 Å². The lowest BCUT2D eigenvalue weighted by Crippen LogP contribution is -2.49. The maximum absolute atomic E-state index is 5.39. The highest BCUT2D eigenvalue weighted by molar-refractivity contribution is 7.03. The van der Waals surface area contributed by atoms with E-state index in [0.29, 0.717) is 17.5 Å². The smallest absolute Gasteiger partial charge is 0.166 e. The normalized spacial score (nSPS) is 14.0. The van der Waals surface area contributed by atoms with Crippen molar-refractivity contribution in [1.82, 2.24) is 15.0 Å². The number of para-hydroxylation sites is 2. The molecule has 282 valence electrons. The van der Waals surface area contributed by atoms with Crippen LogP contribution in [0.5, 0.6) is 0 Å². The molecule has 0 saturated heterocycles. The maximum atomic E-state index is 5.39. The lowest BCUT2D eigenvalue weighted by molar-refractivity contribution is 0.660. The van der Waals surface area contributed by atoms with Crippen molar-refractivity contribution in [3.8, 4) is 56.4 Å². The molecular weight excluding hydrogens is 733 g/mol. The third kappa shape index (κ3) is 5.60. The van der Waals surface area contributed by atoms with E-state index in [1.54, 1.807) is 0 Å². The van der Waals surface area contributed by atoms with Gasteiger partial charge in [0.1, 0.15) is 8.07 Å². The van der Waals surface area contributed by atoms with E-state index >= 15 is 0 Å². The van der Waals surface area contributed by atoms with Crippen molar-refractivity contribution in [2.24, 2.45) is 0 Å². The summed E-state index contributed by atoms with van der Waals surface area (Å²) in [6.07, 6.45) is 0. The fourth-order valence-electron chi connectivity index (χ4n) is 9.62. The van der Waals surface area contributed by atoms with Gasteiger partial charge in [-0.05, 0) is 97.0 Å². The zero-order valence-electron chi connectivity index (χ0n) is 33.6. The molecule has 11 rings (SSSR count). The van der Waals surface area contributed by atoms with Gasteiger partial charge in [0.2, 0.25) is 0 Å². The quantitative estimate of drug-likeness (QED) is 0.158. The molecule has 2 heterocycles. The van der Waals surface area contributed by atoms with Crippen LogP contribution in [-0.2, 0) is 5.41 Å². The molecule has 0 fully saturated rings. The Labute approximate surface area is 346 Å². The van der Waals surface area contributed by atoms with E-state index in [9.17, 15) is 0 Å².